The van der Waals surface area contributed by atoms with Gasteiger partial charge in [0.15, 0.2) is 0 Å². The Morgan fingerprint density at radius 3 is 2.86 bits per heavy atom. The van der Waals surface area contributed by atoms with Gasteiger partial charge in [-0.05, 0) is 29.9 Å². The van der Waals surface area contributed by atoms with Gasteiger partial charge in [-0.15, -0.1) is 0 Å². The van der Waals surface area contributed by atoms with Gasteiger partial charge in [0.2, 0.25) is 0 Å². The molecule has 0 radical (unpaired) electrons. The van der Waals surface area contributed by atoms with Crippen LogP contribution in [0.1, 0.15) is 18.9 Å². The van der Waals surface area contributed by atoms with Crippen LogP contribution in [0.15, 0.2) is 18.3 Å². The molecule has 0 bridgehead atoms. The molecule has 0 amide bonds. The highest BCUT2D eigenvalue weighted by molar-refractivity contribution is 5.35. The summed E-state index contributed by atoms with van der Waals surface area (Å²) in [5.41, 5.74) is 0.857. The number of aromatic nitrogens is 1. The Hall–Kier alpha value is -1.09. The van der Waals surface area contributed by atoms with Crippen LogP contribution in [0, 0.1) is 11.8 Å². The molecule has 3 heteroatoms. The van der Waals surface area contributed by atoms with Crippen molar-refractivity contribution in [2.24, 2.45) is 11.8 Å². The van der Waals surface area contributed by atoms with Crippen LogP contribution in [-0.4, -0.2) is 16.6 Å². The lowest BCUT2D eigenvalue weighted by atomic mass is 10.3. The van der Waals surface area contributed by atoms with Crippen LogP contribution in [0.3, 0.4) is 0 Å². The summed E-state index contributed by atoms with van der Waals surface area (Å²) < 4.78 is 0. The predicted molar refractivity (Wildman–Crippen MR) is 55.9 cm³/mol. The molecule has 1 aliphatic carbocycles. The van der Waals surface area contributed by atoms with Gasteiger partial charge in [-0.1, -0.05) is 13.0 Å². The van der Waals surface area contributed by atoms with Crippen LogP contribution in [-0.2, 0) is 6.61 Å². The highest BCUT2D eigenvalue weighted by Crippen LogP contribution is 2.37. The summed E-state index contributed by atoms with van der Waals surface area (Å²) in [5, 5.41) is 12.1. The maximum atomic E-state index is 8.83. The van der Waals surface area contributed by atoms with Crippen LogP contribution in [0.4, 0.5) is 5.82 Å². The summed E-state index contributed by atoms with van der Waals surface area (Å²) in [4.78, 5) is 4.20. The zero-order chi connectivity index (χ0) is 9.97. The lowest BCUT2D eigenvalue weighted by Crippen LogP contribution is -2.05. The van der Waals surface area contributed by atoms with Gasteiger partial charge in [0.05, 0.1) is 6.61 Å². The third-order valence-corrected chi connectivity index (χ3v) is 2.83. The van der Waals surface area contributed by atoms with Crippen molar-refractivity contribution in [1.82, 2.24) is 4.98 Å². The molecular formula is C11H16N2O. The third kappa shape index (κ3) is 2.23. The minimum atomic E-state index is 0.0624. The summed E-state index contributed by atoms with van der Waals surface area (Å²) in [6.45, 7) is 3.36. The summed E-state index contributed by atoms with van der Waals surface area (Å²) in [7, 11) is 0. The van der Waals surface area contributed by atoms with Gasteiger partial charge < -0.3 is 10.4 Å². The second-order valence-electron chi connectivity index (χ2n) is 4.06. The van der Waals surface area contributed by atoms with Gasteiger partial charge in [-0.3, -0.25) is 0 Å². The molecule has 1 fully saturated rings. The van der Waals surface area contributed by atoms with E-state index in [0.717, 1.165) is 29.8 Å². The molecule has 1 heterocycles. The second kappa shape index (κ2) is 3.96. The van der Waals surface area contributed by atoms with Crippen molar-refractivity contribution in [2.75, 3.05) is 11.9 Å². The van der Waals surface area contributed by atoms with Gasteiger partial charge in [0, 0.05) is 12.7 Å². The average Bonchev–Trinajstić information content (AvgIpc) is 2.92. The molecule has 2 atom stereocenters. The molecule has 76 valence electrons. The van der Waals surface area contributed by atoms with Crippen LogP contribution in [0.25, 0.3) is 0 Å². The molecule has 2 rings (SSSR count). The number of anilines is 1. The van der Waals surface area contributed by atoms with Crippen LogP contribution >= 0.6 is 0 Å². The highest BCUT2D eigenvalue weighted by atomic mass is 16.3. The predicted octanol–water partition coefficient (Wildman–Crippen LogP) is 1.64. The largest absolute Gasteiger partial charge is 0.392 e. The molecule has 2 N–H and O–H groups in total. The fraction of sp³-hybridized carbons (Fsp3) is 0.545. The van der Waals surface area contributed by atoms with Gasteiger partial charge in [0.1, 0.15) is 5.82 Å². The van der Waals surface area contributed by atoms with Crippen molar-refractivity contribution in [3.8, 4) is 0 Å². The van der Waals surface area contributed by atoms with Gasteiger partial charge in [-0.2, -0.15) is 0 Å². The minimum Gasteiger partial charge on any atom is -0.392 e. The summed E-state index contributed by atoms with van der Waals surface area (Å²) in [5.74, 6) is 2.61. The molecule has 14 heavy (non-hydrogen) atoms. The lowest BCUT2D eigenvalue weighted by Gasteiger charge is -2.04. The monoisotopic (exact) mass is 192 g/mol. The molecule has 2 unspecified atom stereocenters. The number of nitrogens with one attached hydrogen (secondary N) is 1. The number of hydrogen-bond acceptors (Lipinski definition) is 3. The van der Waals surface area contributed by atoms with Crippen molar-refractivity contribution in [1.29, 1.82) is 0 Å². The van der Waals surface area contributed by atoms with E-state index in [1.807, 2.05) is 12.1 Å². The Morgan fingerprint density at radius 2 is 2.36 bits per heavy atom. The SMILES string of the molecule is CC1CC1CNc1ccc(CO)cn1. The minimum absolute atomic E-state index is 0.0624. The molecule has 3 nitrogen and oxygen atoms in total. The van der Waals surface area contributed by atoms with Crippen molar-refractivity contribution in [2.45, 2.75) is 20.0 Å². The first kappa shape index (κ1) is 9.46. The van der Waals surface area contributed by atoms with Crippen LogP contribution in [0.5, 0.6) is 0 Å². The fourth-order valence-electron chi connectivity index (χ4n) is 1.54. The number of pyridine rings is 1. The van der Waals surface area contributed by atoms with E-state index in [1.165, 1.54) is 6.42 Å². The van der Waals surface area contributed by atoms with E-state index in [4.69, 9.17) is 5.11 Å². The quantitative estimate of drug-likeness (QED) is 0.762. The molecule has 0 saturated heterocycles. The normalized spacial score (nSPS) is 24.7. The molecule has 0 aliphatic heterocycles. The first-order valence-electron chi connectivity index (χ1n) is 5.09. The number of hydrogen-bond donors (Lipinski definition) is 2. The fourth-order valence-corrected chi connectivity index (χ4v) is 1.54. The van der Waals surface area contributed by atoms with E-state index >= 15 is 0 Å². The van der Waals surface area contributed by atoms with E-state index < -0.39 is 0 Å². The maximum absolute atomic E-state index is 8.83. The Balaban J connectivity index is 1.84. The first-order valence-corrected chi connectivity index (χ1v) is 5.09. The first-order chi connectivity index (χ1) is 6.79. The second-order valence-corrected chi connectivity index (χ2v) is 4.06. The zero-order valence-corrected chi connectivity index (χ0v) is 8.40. The molecule has 1 aromatic rings. The lowest BCUT2D eigenvalue weighted by molar-refractivity contribution is 0.281. The zero-order valence-electron chi connectivity index (χ0n) is 8.40. The van der Waals surface area contributed by atoms with Crippen molar-refractivity contribution in [3.63, 3.8) is 0 Å². The Bertz CT molecular complexity index is 297. The van der Waals surface area contributed by atoms with E-state index in [1.54, 1.807) is 6.20 Å². The number of aliphatic hydroxyl groups is 1. The van der Waals surface area contributed by atoms with Crippen molar-refractivity contribution in [3.05, 3.63) is 23.9 Å². The molecule has 1 aromatic heterocycles. The molecular weight excluding hydrogens is 176 g/mol. The molecule has 0 spiro atoms. The molecule has 0 aromatic carbocycles. The average molecular weight is 192 g/mol. The maximum Gasteiger partial charge on any atom is 0.125 e. The van der Waals surface area contributed by atoms with E-state index in [2.05, 4.69) is 17.2 Å². The summed E-state index contributed by atoms with van der Waals surface area (Å²) in [6.07, 6.45) is 3.04. The van der Waals surface area contributed by atoms with Crippen LogP contribution in [0.2, 0.25) is 0 Å². The smallest absolute Gasteiger partial charge is 0.125 e. The molecule has 1 aliphatic rings. The van der Waals surface area contributed by atoms with E-state index in [9.17, 15) is 0 Å². The Labute approximate surface area is 84.2 Å². The van der Waals surface area contributed by atoms with Gasteiger partial charge in [-0.25, -0.2) is 4.98 Å². The number of aliphatic hydroxyl groups excluding tert-OH is 1. The summed E-state index contributed by atoms with van der Waals surface area (Å²) in [6, 6.07) is 3.81. The van der Waals surface area contributed by atoms with Gasteiger partial charge in [0.25, 0.3) is 0 Å². The standard InChI is InChI=1S/C11H16N2O/c1-8-4-10(8)6-13-11-3-2-9(7-14)5-12-11/h2-3,5,8,10,14H,4,6-7H2,1H3,(H,12,13). The molecule has 1 saturated carbocycles. The van der Waals surface area contributed by atoms with Crippen LogP contribution < -0.4 is 5.32 Å². The van der Waals surface area contributed by atoms with E-state index in [0.29, 0.717) is 0 Å². The topological polar surface area (TPSA) is 45.1 Å². The Morgan fingerprint density at radius 1 is 1.57 bits per heavy atom. The summed E-state index contributed by atoms with van der Waals surface area (Å²) >= 11 is 0. The van der Waals surface area contributed by atoms with Crippen molar-refractivity contribution < 1.29 is 5.11 Å². The van der Waals surface area contributed by atoms with E-state index in [-0.39, 0.29) is 6.61 Å². The highest BCUT2D eigenvalue weighted by Gasteiger charge is 2.31. The number of rotatable bonds is 4. The third-order valence-electron chi connectivity index (χ3n) is 2.83. The Kier molecular flexibility index (Phi) is 2.68. The number of nitrogens with zero attached hydrogens (tertiary/aromatic N) is 1. The van der Waals surface area contributed by atoms with Gasteiger partial charge >= 0.3 is 0 Å². The van der Waals surface area contributed by atoms with Crippen molar-refractivity contribution >= 4 is 5.82 Å².